The van der Waals surface area contributed by atoms with Crippen molar-refractivity contribution in [1.29, 1.82) is 0 Å². The van der Waals surface area contributed by atoms with Gasteiger partial charge in [0.2, 0.25) is 0 Å². The molecule has 5 heteroatoms. The van der Waals surface area contributed by atoms with Gasteiger partial charge in [0.05, 0.1) is 29.6 Å². The number of fused-ring (bicyclic) bond motifs is 5. The third-order valence-corrected chi connectivity index (χ3v) is 4.41. The average molecular weight is 317 g/mol. The van der Waals surface area contributed by atoms with E-state index in [4.69, 9.17) is 16.3 Å². The zero-order valence-electron chi connectivity index (χ0n) is 12.0. The highest BCUT2D eigenvalue weighted by molar-refractivity contribution is 6.29. The van der Waals surface area contributed by atoms with Gasteiger partial charge in [-0.3, -0.25) is 0 Å². The van der Waals surface area contributed by atoms with Gasteiger partial charge >= 0.3 is 0 Å². The first-order valence-electron chi connectivity index (χ1n) is 7.13. The minimum absolute atomic E-state index is 0.120. The van der Waals surface area contributed by atoms with Crippen LogP contribution in [0.5, 0.6) is 0 Å². The second-order valence-corrected chi connectivity index (χ2v) is 5.91. The molecule has 0 fully saturated rings. The van der Waals surface area contributed by atoms with Crippen molar-refractivity contribution >= 4 is 22.5 Å². The van der Waals surface area contributed by atoms with Crippen LogP contribution in [0.15, 0.2) is 36.4 Å². The highest BCUT2D eigenvalue weighted by Gasteiger charge is 2.28. The van der Waals surface area contributed by atoms with Crippen molar-refractivity contribution in [2.75, 3.05) is 13.7 Å². The molecule has 1 aliphatic rings. The minimum Gasteiger partial charge on any atom is -0.383 e. The van der Waals surface area contributed by atoms with Crippen molar-refractivity contribution in [3.8, 4) is 11.4 Å². The van der Waals surface area contributed by atoms with E-state index in [-0.39, 0.29) is 11.9 Å². The van der Waals surface area contributed by atoms with Gasteiger partial charge in [-0.1, -0.05) is 23.7 Å². The Morgan fingerprint density at radius 2 is 2.23 bits per heavy atom. The number of benzene rings is 1. The van der Waals surface area contributed by atoms with Gasteiger partial charge < -0.3 is 9.30 Å². The summed E-state index contributed by atoms with van der Waals surface area (Å²) in [6, 6.07) is 10.9. The third-order valence-electron chi connectivity index (χ3n) is 4.20. The molecule has 0 saturated heterocycles. The van der Waals surface area contributed by atoms with Crippen LogP contribution in [-0.2, 0) is 11.2 Å². The Hall–Kier alpha value is -1.91. The molecule has 3 nitrogen and oxygen atoms in total. The second-order valence-electron chi connectivity index (χ2n) is 5.53. The predicted octanol–water partition coefficient (Wildman–Crippen LogP) is 4.24. The van der Waals surface area contributed by atoms with Crippen LogP contribution in [0.2, 0.25) is 5.15 Å². The molecule has 0 aliphatic carbocycles. The summed E-state index contributed by atoms with van der Waals surface area (Å²) in [5.41, 5.74) is 3.70. The molecule has 0 radical (unpaired) electrons. The fraction of sp³-hybridized carbons (Fsp3) is 0.235. The molecule has 2 aromatic heterocycles. The zero-order valence-corrected chi connectivity index (χ0v) is 12.8. The van der Waals surface area contributed by atoms with E-state index in [1.165, 1.54) is 6.07 Å². The third kappa shape index (κ3) is 1.95. The molecular weight excluding hydrogens is 303 g/mol. The molecule has 1 atom stereocenters. The van der Waals surface area contributed by atoms with Crippen molar-refractivity contribution in [2.24, 2.45) is 0 Å². The van der Waals surface area contributed by atoms with Gasteiger partial charge in [-0.25, -0.2) is 9.37 Å². The summed E-state index contributed by atoms with van der Waals surface area (Å²) in [4.78, 5) is 4.46. The highest BCUT2D eigenvalue weighted by atomic mass is 35.5. The highest BCUT2D eigenvalue weighted by Crippen LogP contribution is 2.39. The molecule has 1 aliphatic heterocycles. The fourth-order valence-corrected chi connectivity index (χ4v) is 3.46. The second kappa shape index (κ2) is 5.07. The quantitative estimate of drug-likeness (QED) is 0.661. The van der Waals surface area contributed by atoms with Gasteiger partial charge in [0.25, 0.3) is 0 Å². The van der Waals surface area contributed by atoms with Crippen molar-refractivity contribution < 1.29 is 9.13 Å². The fourth-order valence-electron chi connectivity index (χ4n) is 3.31. The van der Waals surface area contributed by atoms with Crippen LogP contribution in [0.3, 0.4) is 0 Å². The van der Waals surface area contributed by atoms with Crippen LogP contribution in [0.4, 0.5) is 4.39 Å². The Labute approximate surface area is 132 Å². The molecule has 3 heterocycles. The van der Waals surface area contributed by atoms with Crippen LogP contribution in [0.1, 0.15) is 11.6 Å². The lowest BCUT2D eigenvalue weighted by Crippen LogP contribution is -2.22. The molecule has 0 bridgehead atoms. The van der Waals surface area contributed by atoms with Gasteiger partial charge in [0, 0.05) is 12.5 Å². The maximum absolute atomic E-state index is 14.1. The monoisotopic (exact) mass is 316 g/mol. The molecule has 1 unspecified atom stereocenters. The Balaban J connectivity index is 2.05. The largest absolute Gasteiger partial charge is 0.383 e. The predicted molar refractivity (Wildman–Crippen MR) is 84.8 cm³/mol. The molecule has 4 rings (SSSR count). The van der Waals surface area contributed by atoms with Gasteiger partial charge in [-0.2, -0.15) is 0 Å². The van der Waals surface area contributed by atoms with Gasteiger partial charge in [-0.15, -0.1) is 0 Å². The standard InChI is InChI=1S/C17H14ClFN2O/c1-22-9-11-7-10-5-6-16(18)20-17(10)15-8-12-13(19)3-2-4-14(12)21(11)15/h2-6,8,11H,7,9H2,1H3. The molecule has 0 saturated carbocycles. The maximum atomic E-state index is 14.1. The molecular formula is C17H14ClFN2O. The topological polar surface area (TPSA) is 27.1 Å². The number of halogens is 2. The molecule has 0 amide bonds. The molecule has 0 spiro atoms. The van der Waals surface area contributed by atoms with Crippen molar-refractivity contribution in [2.45, 2.75) is 12.5 Å². The summed E-state index contributed by atoms with van der Waals surface area (Å²) in [7, 11) is 1.68. The summed E-state index contributed by atoms with van der Waals surface area (Å²) in [5.74, 6) is -0.223. The number of hydrogen-bond acceptors (Lipinski definition) is 2. The Morgan fingerprint density at radius 1 is 1.36 bits per heavy atom. The van der Waals surface area contributed by atoms with Crippen molar-refractivity contribution in [1.82, 2.24) is 9.55 Å². The van der Waals surface area contributed by atoms with Crippen LogP contribution in [0.25, 0.3) is 22.3 Å². The van der Waals surface area contributed by atoms with Crippen LogP contribution >= 0.6 is 11.6 Å². The summed E-state index contributed by atoms with van der Waals surface area (Å²) in [6.45, 7) is 0.565. The van der Waals surface area contributed by atoms with E-state index in [0.29, 0.717) is 17.1 Å². The molecule has 1 aromatic carbocycles. The number of aromatic nitrogens is 2. The van der Waals surface area contributed by atoms with Gasteiger partial charge in [0.15, 0.2) is 0 Å². The normalized spacial score (nSPS) is 16.6. The zero-order chi connectivity index (χ0) is 15.3. The van der Waals surface area contributed by atoms with Crippen LogP contribution in [-0.4, -0.2) is 23.3 Å². The Kier molecular flexibility index (Phi) is 3.17. The summed E-state index contributed by atoms with van der Waals surface area (Å²) < 4.78 is 21.6. The Bertz CT molecular complexity index is 874. The average Bonchev–Trinajstić information content (AvgIpc) is 2.90. The summed E-state index contributed by atoms with van der Waals surface area (Å²) >= 11 is 6.05. The van der Waals surface area contributed by atoms with Crippen molar-refractivity contribution in [3.63, 3.8) is 0 Å². The van der Waals surface area contributed by atoms with E-state index >= 15 is 0 Å². The number of hydrogen-bond donors (Lipinski definition) is 0. The van der Waals surface area contributed by atoms with Gasteiger partial charge in [0.1, 0.15) is 11.0 Å². The van der Waals surface area contributed by atoms with Crippen molar-refractivity contribution in [3.05, 3.63) is 52.9 Å². The molecule has 22 heavy (non-hydrogen) atoms. The number of rotatable bonds is 2. The van der Waals surface area contributed by atoms with E-state index in [2.05, 4.69) is 9.55 Å². The summed E-state index contributed by atoms with van der Waals surface area (Å²) in [6.07, 6.45) is 0.792. The van der Waals surface area contributed by atoms with E-state index in [0.717, 1.165) is 28.9 Å². The first-order chi connectivity index (χ1) is 10.7. The lowest BCUT2D eigenvalue weighted by Gasteiger charge is -2.28. The van der Waals surface area contributed by atoms with Gasteiger partial charge in [-0.05, 0) is 36.2 Å². The SMILES string of the molecule is COCC1Cc2ccc(Cl)nc2-c2cc3c(F)cccc3n21. The first-order valence-corrected chi connectivity index (χ1v) is 7.51. The van der Waals surface area contributed by atoms with Crippen LogP contribution < -0.4 is 0 Å². The minimum atomic E-state index is -0.223. The number of ether oxygens (including phenoxy) is 1. The summed E-state index contributed by atoms with van der Waals surface area (Å²) in [5, 5.41) is 1.05. The van der Waals surface area contributed by atoms with E-state index in [1.54, 1.807) is 19.2 Å². The number of pyridine rings is 1. The molecule has 0 N–H and O–H groups in total. The maximum Gasteiger partial charge on any atom is 0.132 e. The molecule has 112 valence electrons. The number of methoxy groups -OCH3 is 1. The smallest absolute Gasteiger partial charge is 0.132 e. The van der Waals surface area contributed by atoms with E-state index in [9.17, 15) is 4.39 Å². The van der Waals surface area contributed by atoms with E-state index < -0.39 is 0 Å². The Morgan fingerprint density at radius 3 is 3.05 bits per heavy atom. The lowest BCUT2D eigenvalue weighted by atomic mass is 9.98. The number of nitrogens with zero attached hydrogens (tertiary/aromatic N) is 2. The first kappa shape index (κ1) is 13.7. The molecule has 3 aromatic rings. The van der Waals surface area contributed by atoms with Crippen LogP contribution in [0, 0.1) is 5.82 Å². The van der Waals surface area contributed by atoms with E-state index in [1.807, 2.05) is 18.2 Å². The lowest BCUT2D eigenvalue weighted by molar-refractivity contribution is 0.156.